The van der Waals surface area contributed by atoms with Gasteiger partial charge in [-0.25, -0.2) is 5.84 Å². The van der Waals surface area contributed by atoms with E-state index in [-0.39, 0.29) is 17.0 Å². The van der Waals surface area contributed by atoms with Crippen LogP contribution in [0.2, 0.25) is 0 Å². The second-order valence-corrected chi connectivity index (χ2v) is 2.65. The number of hydrazine groups is 1. The third-order valence-electron chi connectivity index (χ3n) is 1.77. The number of hydrogen-bond acceptors (Lipinski definition) is 4. The fraction of sp³-hybridized carbons (Fsp3) is 0.222. The first kappa shape index (κ1) is 10.3. The van der Waals surface area contributed by atoms with Gasteiger partial charge in [-0.2, -0.15) is 0 Å². The van der Waals surface area contributed by atoms with Crippen LogP contribution in [0.25, 0.3) is 0 Å². The fourth-order valence-electron chi connectivity index (χ4n) is 1.06. The van der Waals surface area contributed by atoms with Gasteiger partial charge in [0.05, 0.1) is 5.56 Å². The highest BCUT2D eigenvalue weighted by Gasteiger charge is 2.15. The molecular weight excluding hydrogens is 182 g/mol. The van der Waals surface area contributed by atoms with Gasteiger partial charge < -0.3 is 0 Å². The van der Waals surface area contributed by atoms with E-state index in [1.807, 2.05) is 5.43 Å². The maximum Gasteiger partial charge on any atom is 0.267 e. The van der Waals surface area contributed by atoms with Crippen molar-refractivity contribution in [3.05, 3.63) is 29.6 Å². The first-order valence-corrected chi connectivity index (χ1v) is 4.19. The van der Waals surface area contributed by atoms with Crippen LogP contribution in [0.15, 0.2) is 18.3 Å². The SMILES string of the molecule is CCC(=O)c1ncccc1C(=O)NN. The van der Waals surface area contributed by atoms with Gasteiger partial charge in [-0.3, -0.25) is 20.0 Å². The predicted molar refractivity (Wildman–Crippen MR) is 50.5 cm³/mol. The Labute approximate surface area is 81.3 Å². The molecule has 0 radical (unpaired) electrons. The lowest BCUT2D eigenvalue weighted by atomic mass is 10.1. The molecule has 0 aliphatic heterocycles. The summed E-state index contributed by atoms with van der Waals surface area (Å²) in [6.07, 6.45) is 1.78. The molecule has 0 unspecified atom stereocenters. The van der Waals surface area contributed by atoms with Crippen molar-refractivity contribution in [1.82, 2.24) is 10.4 Å². The average molecular weight is 193 g/mol. The third-order valence-corrected chi connectivity index (χ3v) is 1.77. The minimum absolute atomic E-state index is 0.165. The number of Topliss-reactive ketones (excluding diaryl/α,β-unsaturated/α-hetero) is 1. The van der Waals surface area contributed by atoms with Gasteiger partial charge in [0.25, 0.3) is 5.91 Å². The van der Waals surface area contributed by atoms with E-state index in [9.17, 15) is 9.59 Å². The van der Waals surface area contributed by atoms with Crippen LogP contribution in [-0.4, -0.2) is 16.7 Å². The highest BCUT2D eigenvalue weighted by molar-refractivity contribution is 6.06. The molecule has 3 N–H and O–H groups in total. The molecule has 0 saturated carbocycles. The van der Waals surface area contributed by atoms with Crippen molar-refractivity contribution in [3.8, 4) is 0 Å². The van der Waals surface area contributed by atoms with Crippen LogP contribution in [-0.2, 0) is 0 Å². The predicted octanol–water partition coefficient (Wildman–Crippen LogP) is 0.278. The molecule has 0 spiro atoms. The maximum absolute atomic E-state index is 11.4. The number of ketones is 1. The molecular formula is C9H11N3O2. The van der Waals surface area contributed by atoms with Crippen molar-refractivity contribution in [2.45, 2.75) is 13.3 Å². The smallest absolute Gasteiger partial charge is 0.267 e. The van der Waals surface area contributed by atoms with Crippen molar-refractivity contribution in [2.75, 3.05) is 0 Å². The molecule has 0 fully saturated rings. The molecule has 1 amide bonds. The number of carbonyl (C=O) groups is 2. The molecule has 14 heavy (non-hydrogen) atoms. The van der Waals surface area contributed by atoms with Gasteiger partial charge in [-0.05, 0) is 12.1 Å². The summed E-state index contributed by atoms with van der Waals surface area (Å²) in [7, 11) is 0. The number of hydrogen-bond donors (Lipinski definition) is 2. The zero-order valence-corrected chi connectivity index (χ0v) is 7.78. The van der Waals surface area contributed by atoms with Gasteiger partial charge in [0.2, 0.25) is 0 Å². The zero-order valence-electron chi connectivity index (χ0n) is 7.78. The number of nitrogen functional groups attached to an aromatic ring is 1. The number of rotatable bonds is 3. The number of nitrogens with two attached hydrogens (primary N) is 1. The standard InChI is InChI=1S/C9H11N3O2/c1-2-7(13)8-6(9(14)12-10)4-3-5-11-8/h3-5H,2,10H2,1H3,(H,12,14). The first-order valence-electron chi connectivity index (χ1n) is 4.19. The second-order valence-electron chi connectivity index (χ2n) is 2.65. The molecule has 0 aliphatic rings. The Morgan fingerprint density at radius 3 is 2.86 bits per heavy atom. The number of nitrogens with zero attached hydrogens (tertiary/aromatic N) is 1. The van der Waals surface area contributed by atoms with E-state index in [0.29, 0.717) is 6.42 Å². The minimum Gasteiger partial charge on any atom is -0.292 e. The lowest BCUT2D eigenvalue weighted by molar-refractivity contribution is 0.0930. The van der Waals surface area contributed by atoms with Crippen molar-refractivity contribution < 1.29 is 9.59 Å². The third kappa shape index (κ3) is 1.94. The van der Waals surface area contributed by atoms with Gasteiger partial charge in [0.15, 0.2) is 5.78 Å². The Hall–Kier alpha value is -1.75. The minimum atomic E-state index is -0.505. The molecule has 1 rings (SSSR count). The van der Waals surface area contributed by atoms with Crippen LogP contribution in [0.1, 0.15) is 34.2 Å². The van der Waals surface area contributed by atoms with E-state index < -0.39 is 5.91 Å². The van der Waals surface area contributed by atoms with Gasteiger partial charge >= 0.3 is 0 Å². The topological polar surface area (TPSA) is 85.1 Å². The summed E-state index contributed by atoms with van der Waals surface area (Å²) < 4.78 is 0. The number of nitrogens with one attached hydrogen (secondary N) is 1. The van der Waals surface area contributed by atoms with Crippen molar-refractivity contribution >= 4 is 11.7 Å². The van der Waals surface area contributed by atoms with E-state index >= 15 is 0 Å². The summed E-state index contributed by atoms with van der Waals surface area (Å²) in [5.74, 6) is 4.29. The average Bonchev–Trinajstić information content (AvgIpc) is 2.27. The van der Waals surface area contributed by atoms with Crippen LogP contribution in [0, 0.1) is 0 Å². The van der Waals surface area contributed by atoms with E-state index in [1.165, 1.54) is 12.3 Å². The Kier molecular flexibility index (Phi) is 3.30. The van der Waals surface area contributed by atoms with Crippen LogP contribution in [0.3, 0.4) is 0 Å². The Morgan fingerprint density at radius 2 is 2.29 bits per heavy atom. The van der Waals surface area contributed by atoms with Gasteiger partial charge in [0, 0.05) is 12.6 Å². The highest BCUT2D eigenvalue weighted by Crippen LogP contribution is 2.07. The largest absolute Gasteiger partial charge is 0.292 e. The molecule has 5 heteroatoms. The number of carbonyl (C=O) groups excluding carboxylic acids is 2. The normalized spacial score (nSPS) is 9.57. The fourth-order valence-corrected chi connectivity index (χ4v) is 1.06. The number of aromatic nitrogens is 1. The lowest BCUT2D eigenvalue weighted by Crippen LogP contribution is -2.31. The summed E-state index contributed by atoms with van der Waals surface area (Å²) in [4.78, 5) is 26.5. The van der Waals surface area contributed by atoms with E-state index in [4.69, 9.17) is 5.84 Å². The molecule has 0 atom stereocenters. The molecule has 0 aromatic carbocycles. The van der Waals surface area contributed by atoms with Gasteiger partial charge in [-0.1, -0.05) is 6.92 Å². The highest BCUT2D eigenvalue weighted by atomic mass is 16.2. The van der Waals surface area contributed by atoms with Gasteiger partial charge in [0.1, 0.15) is 5.69 Å². The summed E-state index contributed by atoms with van der Waals surface area (Å²) >= 11 is 0. The van der Waals surface area contributed by atoms with Crippen LogP contribution >= 0.6 is 0 Å². The van der Waals surface area contributed by atoms with Crippen molar-refractivity contribution in [2.24, 2.45) is 5.84 Å². The summed E-state index contributed by atoms with van der Waals surface area (Å²) in [6, 6.07) is 3.09. The zero-order chi connectivity index (χ0) is 10.6. The van der Waals surface area contributed by atoms with E-state index in [0.717, 1.165) is 0 Å². The number of amides is 1. The summed E-state index contributed by atoms with van der Waals surface area (Å²) in [6.45, 7) is 1.71. The Bertz CT molecular complexity index is 328. The number of pyridine rings is 1. The molecule has 5 nitrogen and oxygen atoms in total. The molecule has 74 valence electrons. The molecule has 0 bridgehead atoms. The quantitative estimate of drug-likeness (QED) is 0.312. The second kappa shape index (κ2) is 4.48. The summed E-state index contributed by atoms with van der Waals surface area (Å²) in [5, 5.41) is 0. The Morgan fingerprint density at radius 1 is 1.57 bits per heavy atom. The van der Waals surface area contributed by atoms with Gasteiger partial charge in [-0.15, -0.1) is 0 Å². The summed E-state index contributed by atoms with van der Waals surface area (Å²) in [5.41, 5.74) is 2.34. The maximum atomic E-state index is 11.4. The monoisotopic (exact) mass is 193 g/mol. The molecule has 1 aromatic rings. The molecule has 0 aliphatic carbocycles. The molecule has 0 saturated heterocycles. The van der Waals surface area contributed by atoms with Crippen LogP contribution in [0.4, 0.5) is 0 Å². The first-order chi connectivity index (χ1) is 6.70. The van der Waals surface area contributed by atoms with Crippen molar-refractivity contribution in [1.29, 1.82) is 0 Å². The van der Waals surface area contributed by atoms with E-state index in [1.54, 1.807) is 13.0 Å². The Balaban J connectivity index is 3.15. The molecule has 1 heterocycles. The van der Waals surface area contributed by atoms with E-state index in [2.05, 4.69) is 4.98 Å². The molecule has 1 aromatic heterocycles. The van der Waals surface area contributed by atoms with Crippen LogP contribution in [0.5, 0.6) is 0 Å². The van der Waals surface area contributed by atoms with Crippen molar-refractivity contribution in [3.63, 3.8) is 0 Å². The van der Waals surface area contributed by atoms with Crippen LogP contribution < -0.4 is 11.3 Å². The lowest BCUT2D eigenvalue weighted by Gasteiger charge is -2.04.